The third-order valence-electron chi connectivity index (χ3n) is 4.80. The molecule has 26 heavy (non-hydrogen) atoms. The van der Waals surface area contributed by atoms with Gasteiger partial charge in [0.25, 0.3) is 0 Å². The molecule has 1 heterocycles. The lowest BCUT2D eigenvalue weighted by molar-refractivity contribution is 0.00271. The summed E-state index contributed by atoms with van der Waals surface area (Å²) in [5.41, 5.74) is 0. The molecule has 0 aromatic rings. The van der Waals surface area contributed by atoms with Crippen molar-refractivity contribution in [3.63, 3.8) is 0 Å². The molecule has 2 N–H and O–H groups in total. The Balaban J connectivity index is 0.00000625. The van der Waals surface area contributed by atoms with Gasteiger partial charge in [-0.3, -0.25) is 9.89 Å². The van der Waals surface area contributed by atoms with Crippen molar-refractivity contribution in [2.24, 2.45) is 16.8 Å². The Hall–Kier alpha value is -0.120. The van der Waals surface area contributed by atoms with E-state index in [9.17, 15) is 0 Å². The van der Waals surface area contributed by atoms with Crippen molar-refractivity contribution in [3.8, 4) is 0 Å². The number of hydrogen-bond donors (Lipinski definition) is 2. The Labute approximate surface area is 177 Å². The van der Waals surface area contributed by atoms with Crippen LogP contribution in [0.2, 0.25) is 0 Å². The van der Waals surface area contributed by atoms with E-state index in [0.29, 0.717) is 24.5 Å². The number of morpholine rings is 1. The maximum Gasteiger partial charge on any atom is 0.191 e. The third-order valence-corrected chi connectivity index (χ3v) is 4.80. The fraction of sp³-hybridized carbons (Fsp3) is 0.947. The number of nitrogens with one attached hydrogen (secondary N) is 2. The molecule has 1 fully saturated rings. The second-order valence-corrected chi connectivity index (χ2v) is 7.14. The summed E-state index contributed by atoms with van der Waals surface area (Å²) in [4.78, 5) is 6.92. The van der Waals surface area contributed by atoms with Crippen molar-refractivity contribution in [2.75, 3.05) is 59.7 Å². The SMILES string of the molecule is CCC(CC)C(CNC(=NC)NCCOCC(C)C)N1CCOCC1.I. The van der Waals surface area contributed by atoms with Crippen molar-refractivity contribution < 1.29 is 9.47 Å². The number of halogens is 1. The van der Waals surface area contributed by atoms with Gasteiger partial charge in [0.1, 0.15) is 0 Å². The first kappa shape index (κ1) is 25.9. The van der Waals surface area contributed by atoms with Crippen LogP contribution in [0.3, 0.4) is 0 Å². The molecule has 0 radical (unpaired) electrons. The minimum absolute atomic E-state index is 0. The zero-order valence-corrected chi connectivity index (χ0v) is 19.8. The van der Waals surface area contributed by atoms with Gasteiger partial charge in [-0.15, -0.1) is 24.0 Å². The molecule has 156 valence electrons. The van der Waals surface area contributed by atoms with Gasteiger partial charge < -0.3 is 20.1 Å². The number of guanidine groups is 1. The molecule has 0 saturated carbocycles. The monoisotopic (exact) mass is 484 g/mol. The van der Waals surface area contributed by atoms with Crippen LogP contribution >= 0.6 is 24.0 Å². The van der Waals surface area contributed by atoms with E-state index in [2.05, 4.69) is 48.2 Å². The van der Waals surface area contributed by atoms with Gasteiger partial charge in [-0.2, -0.15) is 0 Å². The van der Waals surface area contributed by atoms with Gasteiger partial charge in [0, 0.05) is 45.9 Å². The molecule has 0 aromatic carbocycles. The lowest BCUT2D eigenvalue weighted by atomic mass is 9.92. The minimum atomic E-state index is 0. The molecule has 1 rings (SSSR count). The molecule has 0 aromatic heterocycles. The Morgan fingerprint density at radius 3 is 2.35 bits per heavy atom. The molecule has 1 aliphatic rings. The first-order valence-corrected chi connectivity index (χ1v) is 9.96. The summed E-state index contributed by atoms with van der Waals surface area (Å²) >= 11 is 0. The molecular formula is C19H41IN4O2. The van der Waals surface area contributed by atoms with Gasteiger partial charge >= 0.3 is 0 Å². The number of hydrogen-bond acceptors (Lipinski definition) is 4. The minimum Gasteiger partial charge on any atom is -0.379 e. The molecule has 6 nitrogen and oxygen atoms in total. The Morgan fingerprint density at radius 2 is 1.81 bits per heavy atom. The standard InChI is InChI=1S/C19H40N4O2.HI/c1-6-17(7-2)18(23-9-12-24-13-10-23)14-22-19(20-5)21-8-11-25-15-16(3)4;/h16-18H,6-15H2,1-5H3,(H2,20,21,22);1H. The van der Waals surface area contributed by atoms with Crippen LogP contribution in [0.1, 0.15) is 40.5 Å². The summed E-state index contributed by atoms with van der Waals surface area (Å²) in [6, 6.07) is 0.523. The fourth-order valence-electron chi connectivity index (χ4n) is 3.32. The van der Waals surface area contributed by atoms with Gasteiger partial charge in [-0.25, -0.2) is 0 Å². The Kier molecular flexibility index (Phi) is 15.8. The quantitative estimate of drug-likeness (QED) is 0.204. The van der Waals surface area contributed by atoms with Crippen LogP contribution in [0.4, 0.5) is 0 Å². The highest BCUT2D eigenvalue weighted by Crippen LogP contribution is 2.19. The van der Waals surface area contributed by atoms with E-state index >= 15 is 0 Å². The van der Waals surface area contributed by atoms with Gasteiger partial charge in [0.05, 0.1) is 19.8 Å². The molecule has 1 unspecified atom stereocenters. The smallest absolute Gasteiger partial charge is 0.191 e. The van der Waals surface area contributed by atoms with E-state index in [1.54, 1.807) is 0 Å². The van der Waals surface area contributed by atoms with Crippen LogP contribution in [0.25, 0.3) is 0 Å². The molecule has 1 saturated heterocycles. The zero-order valence-electron chi connectivity index (χ0n) is 17.4. The molecule has 1 atom stereocenters. The van der Waals surface area contributed by atoms with Gasteiger partial charge in [0.2, 0.25) is 0 Å². The van der Waals surface area contributed by atoms with Crippen LogP contribution in [0.5, 0.6) is 0 Å². The van der Waals surface area contributed by atoms with Crippen molar-refractivity contribution in [1.29, 1.82) is 0 Å². The average molecular weight is 484 g/mol. The molecule has 1 aliphatic heterocycles. The van der Waals surface area contributed by atoms with Crippen LogP contribution in [-0.4, -0.2) is 76.6 Å². The van der Waals surface area contributed by atoms with Crippen LogP contribution in [0, 0.1) is 11.8 Å². The van der Waals surface area contributed by atoms with Crippen molar-refractivity contribution in [2.45, 2.75) is 46.6 Å². The normalized spacial score (nSPS) is 17.3. The summed E-state index contributed by atoms with van der Waals surface area (Å²) < 4.78 is 11.1. The zero-order chi connectivity index (χ0) is 18.5. The van der Waals surface area contributed by atoms with Gasteiger partial charge in [-0.05, 0) is 11.8 Å². The largest absolute Gasteiger partial charge is 0.379 e. The molecule has 0 aliphatic carbocycles. The van der Waals surface area contributed by atoms with Gasteiger partial charge in [-0.1, -0.05) is 40.5 Å². The van der Waals surface area contributed by atoms with E-state index in [0.717, 1.165) is 52.0 Å². The van der Waals surface area contributed by atoms with Crippen LogP contribution in [-0.2, 0) is 9.47 Å². The summed E-state index contributed by atoms with van der Waals surface area (Å²) in [6.45, 7) is 15.9. The lowest BCUT2D eigenvalue weighted by Crippen LogP contribution is -2.53. The molecular weight excluding hydrogens is 443 g/mol. The highest BCUT2D eigenvalue weighted by molar-refractivity contribution is 14.0. The highest BCUT2D eigenvalue weighted by Gasteiger charge is 2.26. The van der Waals surface area contributed by atoms with Crippen molar-refractivity contribution in [1.82, 2.24) is 15.5 Å². The van der Waals surface area contributed by atoms with Crippen molar-refractivity contribution in [3.05, 3.63) is 0 Å². The molecule has 0 amide bonds. The topological polar surface area (TPSA) is 58.1 Å². The molecule has 7 heteroatoms. The summed E-state index contributed by atoms with van der Waals surface area (Å²) in [5, 5.41) is 6.86. The van der Waals surface area contributed by atoms with Crippen molar-refractivity contribution >= 4 is 29.9 Å². The molecule has 0 bridgehead atoms. The van der Waals surface area contributed by atoms with E-state index in [1.807, 2.05) is 7.05 Å². The van der Waals surface area contributed by atoms with Crippen LogP contribution < -0.4 is 10.6 Å². The lowest BCUT2D eigenvalue weighted by Gasteiger charge is -2.39. The maximum atomic E-state index is 5.62. The molecule has 0 spiro atoms. The Morgan fingerprint density at radius 1 is 1.15 bits per heavy atom. The first-order chi connectivity index (χ1) is 12.1. The first-order valence-electron chi connectivity index (χ1n) is 9.96. The number of ether oxygens (including phenoxy) is 2. The third kappa shape index (κ3) is 10.3. The van der Waals surface area contributed by atoms with E-state index in [1.165, 1.54) is 12.8 Å². The number of rotatable bonds is 11. The van der Waals surface area contributed by atoms with E-state index in [-0.39, 0.29) is 24.0 Å². The number of aliphatic imine (C=N–C) groups is 1. The fourth-order valence-corrected chi connectivity index (χ4v) is 3.32. The van der Waals surface area contributed by atoms with Crippen LogP contribution in [0.15, 0.2) is 4.99 Å². The second-order valence-electron chi connectivity index (χ2n) is 7.14. The Bertz CT molecular complexity index is 359. The summed E-state index contributed by atoms with van der Waals surface area (Å²) in [5.74, 6) is 2.13. The van der Waals surface area contributed by atoms with E-state index in [4.69, 9.17) is 9.47 Å². The van der Waals surface area contributed by atoms with Gasteiger partial charge in [0.15, 0.2) is 5.96 Å². The van der Waals surface area contributed by atoms with E-state index < -0.39 is 0 Å². The predicted octanol–water partition coefficient (Wildman–Crippen LogP) is 2.58. The summed E-state index contributed by atoms with van der Waals surface area (Å²) in [6.07, 6.45) is 2.41. The maximum absolute atomic E-state index is 5.62. The summed E-state index contributed by atoms with van der Waals surface area (Å²) in [7, 11) is 1.82. The average Bonchev–Trinajstić information content (AvgIpc) is 2.63. The highest BCUT2D eigenvalue weighted by atomic mass is 127. The second kappa shape index (κ2) is 15.9. The number of nitrogens with zero attached hydrogens (tertiary/aromatic N) is 2. The predicted molar refractivity (Wildman–Crippen MR) is 121 cm³/mol.